The molecule has 1 aliphatic rings. The van der Waals surface area contributed by atoms with Crippen molar-refractivity contribution < 1.29 is 14.3 Å². The highest BCUT2D eigenvalue weighted by atomic mass is 16.5. The zero-order chi connectivity index (χ0) is 17.6. The average molecular weight is 344 g/mol. The SMILES string of the molecule is COC(=O)N1CCC(CCOc2ccc(-c3ccn[nH]3)nc2)C(C)C1. The number of hydrogen-bond acceptors (Lipinski definition) is 5. The van der Waals surface area contributed by atoms with Crippen LogP contribution in [0.4, 0.5) is 4.79 Å². The molecule has 1 amide bonds. The molecule has 2 aromatic rings. The number of amides is 1. The highest BCUT2D eigenvalue weighted by molar-refractivity contribution is 5.67. The van der Waals surface area contributed by atoms with Gasteiger partial charge in [-0.05, 0) is 42.9 Å². The molecule has 3 heterocycles. The van der Waals surface area contributed by atoms with E-state index >= 15 is 0 Å². The summed E-state index contributed by atoms with van der Waals surface area (Å²) in [5.74, 6) is 1.76. The molecule has 0 aromatic carbocycles. The molecule has 0 saturated carbocycles. The van der Waals surface area contributed by atoms with Crippen molar-refractivity contribution in [1.82, 2.24) is 20.1 Å². The molecular weight excluding hydrogens is 320 g/mol. The van der Waals surface area contributed by atoms with Crippen LogP contribution in [-0.2, 0) is 4.74 Å². The first-order valence-electron chi connectivity index (χ1n) is 8.59. The fourth-order valence-electron chi connectivity index (χ4n) is 3.27. The number of nitrogens with zero attached hydrogens (tertiary/aromatic N) is 3. The molecule has 2 atom stereocenters. The van der Waals surface area contributed by atoms with Gasteiger partial charge in [-0.3, -0.25) is 10.1 Å². The Kier molecular flexibility index (Phi) is 5.53. The molecule has 1 fully saturated rings. The monoisotopic (exact) mass is 344 g/mol. The van der Waals surface area contributed by atoms with E-state index in [2.05, 4.69) is 22.1 Å². The van der Waals surface area contributed by atoms with Gasteiger partial charge < -0.3 is 14.4 Å². The molecular formula is C18H24N4O3. The number of hydrogen-bond donors (Lipinski definition) is 1. The van der Waals surface area contributed by atoms with Crippen LogP contribution in [0.1, 0.15) is 19.8 Å². The Morgan fingerprint density at radius 1 is 1.40 bits per heavy atom. The van der Waals surface area contributed by atoms with Crippen LogP contribution in [0.5, 0.6) is 5.75 Å². The standard InChI is InChI=1S/C18H24N4O3/c1-13-12-22(18(23)24-2)9-6-14(13)7-10-25-15-3-4-16(19-11-15)17-5-8-20-21-17/h3-5,8,11,13-14H,6-7,9-10,12H2,1-2H3,(H,20,21). The summed E-state index contributed by atoms with van der Waals surface area (Å²) in [7, 11) is 1.43. The molecule has 0 bridgehead atoms. The van der Waals surface area contributed by atoms with E-state index in [-0.39, 0.29) is 6.09 Å². The zero-order valence-electron chi connectivity index (χ0n) is 14.6. The largest absolute Gasteiger partial charge is 0.492 e. The van der Waals surface area contributed by atoms with Crippen LogP contribution in [0.25, 0.3) is 11.4 Å². The number of rotatable bonds is 5. The van der Waals surface area contributed by atoms with Crippen LogP contribution in [0, 0.1) is 11.8 Å². The van der Waals surface area contributed by atoms with Crippen LogP contribution >= 0.6 is 0 Å². The number of ether oxygens (including phenoxy) is 2. The molecule has 2 aromatic heterocycles. The van der Waals surface area contributed by atoms with Gasteiger partial charge in [-0.25, -0.2) is 4.79 Å². The minimum Gasteiger partial charge on any atom is -0.492 e. The third-order valence-electron chi connectivity index (χ3n) is 4.79. The number of aromatic amines is 1. The number of carbonyl (C=O) groups excluding carboxylic acids is 1. The molecule has 1 saturated heterocycles. The van der Waals surface area contributed by atoms with Crippen molar-refractivity contribution in [3.05, 3.63) is 30.6 Å². The van der Waals surface area contributed by atoms with Gasteiger partial charge in [0, 0.05) is 19.3 Å². The maximum Gasteiger partial charge on any atom is 0.409 e. The van der Waals surface area contributed by atoms with Gasteiger partial charge in [-0.15, -0.1) is 0 Å². The van der Waals surface area contributed by atoms with E-state index in [9.17, 15) is 4.79 Å². The first-order valence-corrected chi connectivity index (χ1v) is 8.59. The molecule has 7 nitrogen and oxygen atoms in total. The summed E-state index contributed by atoms with van der Waals surface area (Å²) < 4.78 is 10.6. The Hall–Kier alpha value is -2.57. The fourth-order valence-corrected chi connectivity index (χ4v) is 3.27. The summed E-state index contributed by atoms with van der Waals surface area (Å²) in [6.07, 6.45) is 5.16. The van der Waals surface area contributed by atoms with Gasteiger partial charge in [-0.2, -0.15) is 5.10 Å². The fraction of sp³-hybridized carbons (Fsp3) is 0.500. The number of H-pyrrole nitrogens is 1. The molecule has 0 aliphatic carbocycles. The lowest BCUT2D eigenvalue weighted by Gasteiger charge is -2.36. The number of piperidine rings is 1. The van der Waals surface area contributed by atoms with E-state index in [1.54, 1.807) is 17.3 Å². The Balaban J connectivity index is 1.44. The second kappa shape index (κ2) is 8.00. The van der Waals surface area contributed by atoms with Crippen molar-refractivity contribution in [3.8, 4) is 17.1 Å². The molecule has 2 unspecified atom stereocenters. The molecule has 1 N–H and O–H groups in total. The number of carbonyl (C=O) groups is 1. The van der Waals surface area contributed by atoms with E-state index in [0.717, 1.165) is 43.1 Å². The Morgan fingerprint density at radius 3 is 2.92 bits per heavy atom. The van der Waals surface area contributed by atoms with Gasteiger partial charge in [0.05, 0.1) is 31.3 Å². The lowest BCUT2D eigenvalue weighted by Crippen LogP contribution is -2.43. The highest BCUT2D eigenvalue weighted by Gasteiger charge is 2.28. The summed E-state index contributed by atoms with van der Waals surface area (Å²) in [5, 5.41) is 6.81. The molecule has 25 heavy (non-hydrogen) atoms. The first-order chi connectivity index (χ1) is 12.2. The lowest BCUT2D eigenvalue weighted by atomic mass is 9.85. The van der Waals surface area contributed by atoms with Crippen LogP contribution in [-0.4, -0.2) is 53.0 Å². The Labute approximate surface area is 147 Å². The maximum absolute atomic E-state index is 11.6. The summed E-state index contributed by atoms with van der Waals surface area (Å²) in [4.78, 5) is 17.8. The lowest BCUT2D eigenvalue weighted by molar-refractivity contribution is 0.0809. The minimum absolute atomic E-state index is 0.231. The molecule has 3 rings (SSSR count). The van der Waals surface area contributed by atoms with Crippen molar-refractivity contribution in [3.63, 3.8) is 0 Å². The highest BCUT2D eigenvalue weighted by Crippen LogP contribution is 2.27. The number of pyridine rings is 1. The number of aromatic nitrogens is 3. The second-order valence-corrected chi connectivity index (χ2v) is 6.43. The first kappa shape index (κ1) is 17.3. The van der Waals surface area contributed by atoms with Gasteiger partial charge in [0.1, 0.15) is 5.75 Å². The summed E-state index contributed by atoms with van der Waals surface area (Å²) in [6, 6.07) is 5.72. The van der Waals surface area contributed by atoms with Gasteiger partial charge in [0.2, 0.25) is 0 Å². The van der Waals surface area contributed by atoms with E-state index in [1.807, 2.05) is 18.2 Å². The Morgan fingerprint density at radius 2 is 2.28 bits per heavy atom. The van der Waals surface area contributed by atoms with Crippen molar-refractivity contribution in [1.29, 1.82) is 0 Å². The van der Waals surface area contributed by atoms with Gasteiger partial charge in [0.25, 0.3) is 0 Å². The molecule has 7 heteroatoms. The van der Waals surface area contributed by atoms with Gasteiger partial charge >= 0.3 is 6.09 Å². The number of likely N-dealkylation sites (tertiary alicyclic amines) is 1. The normalized spacial score (nSPS) is 20.3. The van der Waals surface area contributed by atoms with Gasteiger partial charge in [0.15, 0.2) is 0 Å². The minimum atomic E-state index is -0.231. The third-order valence-corrected chi connectivity index (χ3v) is 4.79. The summed E-state index contributed by atoms with van der Waals surface area (Å²) >= 11 is 0. The average Bonchev–Trinajstić information content (AvgIpc) is 3.17. The topological polar surface area (TPSA) is 80.3 Å². The molecule has 134 valence electrons. The third kappa shape index (κ3) is 4.29. The predicted octanol–water partition coefficient (Wildman–Crippen LogP) is 2.97. The smallest absolute Gasteiger partial charge is 0.409 e. The summed E-state index contributed by atoms with van der Waals surface area (Å²) in [5.41, 5.74) is 1.73. The number of nitrogens with one attached hydrogen (secondary N) is 1. The molecule has 0 radical (unpaired) electrons. The molecule has 1 aliphatic heterocycles. The van der Waals surface area contributed by atoms with Crippen LogP contribution in [0.15, 0.2) is 30.6 Å². The van der Waals surface area contributed by atoms with E-state index in [4.69, 9.17) is 9.47 Å². The van der Waals surface area contributed by atoms with Crippen LogP contribution < -0.4 is 4.74 Å². The predicted molar refractivity (Wildman–Crippen MR) is 93.2 cm³/mol. The van der Waals surface area contributed by atoms with Crippen molar-refractivity contribution in [2.75, 3.05) is 26.8 Å². The van der Waals surface area contributed by atoms with Crippen molar-refractivity contribution in [2.45, 2.75) is 19.8 Å². The van der Waals surface area contributed by atoms with Crippen molar-refractivity contribution in [2.24, 2.45) is 11.8 Å². The number of methoxy groups -OCH3 is 1. The van der Waals surface area contributed by atoms with E-state index < -0.39 is 0 Å². The zero-order valence-corrected chi connectivity index (χ0v) is 14.6. The quantitative estimate of drug-likeness (QED) is 0.902. The van der Waals surface area contributed by atoms with Gasteiger partial charge in [-0.1, -0.05) is 6.92 Å². The summed E-state index contributed by atoms with van der Waals surface area (Å²) in [6.45, 7) is 4.33. The van der Waals surface area contributed by atoms with E-state index in [0.29, 0.717) is 18.4 Å². The van der Waals surface area contributed by atoms with Crippen molar-refractivity contribution >= 4 is 6.09 Å². The van der Waals surface area contributed by atoms with Crippen LogP contribution in [0.3, 0.4) is 0 Å². The molecule has 0 spiro atoms. The second-order valence-electron chi connectivity index (χ2n) is 6.43. The van der Waals surface area contributed by atoms with Crippen LogP contribution in [0.2, 0.25) is 0 Å². The maximum atomic E-state index is 11.6. The Bertz CT molecular complexity index is 672. The van der Waals surface area contributed by atoms with E-state index in [1.165, 1.54) is 7.11 Å².